The SMILES string of the molecule is CC/C(=C(\c1ccccc1)c1ccc(OCCN(C)C(=O)CC[C@@H](C)[C@H]2CC[C@H]3[C@@H]4CC[C@@H]5C[C@H](OC(=O)C[n+]6ccccc6)CC[C@]5(C)[C@H]4CC[C@]23C)cc1)c1ccccc1.[Cl-]. The van der Waals surface area contributed by atoms with Crippen molar-refractivity contribution in [1.82, 2.24) is 4.90 Å². The molecule has 0 bridgehead atoms. The van der Waals surface area contributed by atoms with E-state index in [0.717, 1.165) is 49.2 Å². The first kappa shape index (κ1) is 46.6. The number of amides is 1. The predicted octanol–water partition coefficient (Wildman–Crippen LogP) is 8.87. The number of esters is 1. The first-order valence-electron chi connectivity index (χ1n) is 24.0. The summed E-state index contributed by atoms with van der Waals surface area (Å²) in [7, 11) is 1.93. The first-order valence-corrected chi connectivity index (χ1v) is 24.0. The average Bonchev–Trinajstić information content (AvgIpc) is 3.66. The largest absolute Gasteiger partial charge is 1.00 e. The third kappa shape index (κ3) is 10.1. The smallest absolute Gasteiger partial charge is 0.372 e. The van der Waals surface area contributed by atoms with Crippen molar-refractivity contribution in [1.29, 1.82) is 0 Å². The van der Waals surface area contributed by atoms with Crippen LogP contribution >= 0.6 is 0 Å². The van der Waals surface area contributed by atoms with Crippen LogP contribution in [0.3, 0.4) is 0 Å². The fourth-order valence-corrected chi connectivity index (χ4v) is 13.4. The second kappa shape index (κ2) is 20.6. The van der Waals surface area contributed by atoms with Gasteiger partial charge in [-0.2, -0.15) is 4.57 Å². The lowest BCUT2D eigenvalue weighted by atomic mass is 9.44. The molecule has 0 N–H and O–H groups in total. The van der Waals surface area contributed by atoms with Gasteiger partial charge in [0.1, 0.15) is 18.5 Å². The summed E-state index contributed by atoms with van der Waals surface area (Å²) < 4.78 is 14.2. The second-order valence-electron chi connectivity index (χ2n) is 20.0. The topological polar surface area (TPSA) is 59.7 Å². The molecule has 3 aromatic carbocycles. The summed E-state index contributed by atoms with van der Waals surface area (Å²) in [6.45, 7) is 11.2. The molecule has 1 heterocycles. The van der Waals surface area contributed by atoms with Gasteiger partial charge in [-0.15, -0.1) is 0 Å². The minimum absolute atomic E-state index is 0. The van der Waals surface area contributed by atoms with E-state index in [9.17, 15) is 9.59 Å². The molecular weight excluding hydrogens is 800 g/mol. The minimum Gasteiger partial charge on any atom is -1.00 e. The van der Waals surface area contributed by atoms with Gasteiger partial charge in [0.05, 0.1) is 6.54 Å². The molecule has 7 heteroatoms. The summed E-state index contributed by atoms with van der Waals surface area (Å²) in [4.78, 5) is 28.2. The van der Waals surface area contributed by atoms with Crippen LogP contribution in [-0.4, -0.2) is 43.1 Å². The Hall–Kier alpha value is -4.42. The van der Waals surface area contributed by atoms with Crippen molar-refractivity contribution in [2.45, 2.75) is 117 Å². The van der Waals surface area contributed by atoms with E-state index in [2.05, 4.69) is 113 Å². The monoisotopic (exact) mass is 871 g/mol. The van der Waals surface area contributed by atoms with Gasteiger partial charge in [-0.05, 0) is 157 Å². The number of ether oxygens (including phenoxy) is 2. The highest BCUT2D eigenvalue weighted by Crippen LogP contribution is 2.68. The molecule has 0 unspecified atom stereocenters. The summed E-state index contributed by atoms with van der Waals surface area (Å²) in [5.41, 5.74) is 6.89. The summed E-state index contributed by atoms with van der Waals surface area (Å²) in [5, 5.41) is 0. The van der Waals surface area contributed by atoms with Crippen LogP contribution in [0.15, 0.2) is 116 Å². The number of hydrogen-bond acceptors (Lipinski definition) is 4. The van der Waals surface area contributed by atoms with Crippen LogP contribution in [0.25, 0.3) is 11.1 Å². The van der Waals surface area contributed by atoms with Gasteiger partial charge in [0.2, 0.25) is 12.5 Å². The van der Waals surface area contributed by atoms with Crippen molar-refractivity contribution in [2.75, 3.05) is 20.2 Å². The molecule has 4 aliphatic rings. The van der Waals surface area contributed by atoms with Crippen LogP contribution in [0.4, 0.5) is 0 Å². The third-order valence-electron chi connectivity index (χ3n) is 16.7. The second-order valence-corrected chi connectivity index (χ2v) is 20.0. The number of rotatable bonds is 15. The summed E-state index contributed by atoms with van der Waals surface area (Å²) in [6, 6.07) is 35.7. The number of allylic oxidation sites excluding steroid dienone is 1. The molecule has 0 radical (unpaired) electrons. The van der Waals surface area contributed by atoms with Crippen molar-refractivity contribution < 1.29 is 36.0 Å². The van der Waals surface area contributed by atoms with Crippen LogP contribution in [0.2, 0.25) is 0 Å². The van der Waals surface area contributed by atoms with Gasteiger partial charge in [0.25, 0.3) is 0 Å². The Morgan fingerprint density at radius 3 is 2.10 bits per heavy atom. The molecule has 4 fully saturated rings. The highest BCUT2D eigenvalue weighted by atomic mass is 35.5. The first-order chi connectivity index (χ1) is 30.1. The standard InChI is InChI=1S/C56H71N2O4.ClH/c1-6-47(41-16-10-7-11-17-41)54(42-18-12-8-13-19-42)43-21-24-45(25-22-43)61-37-36-57(5)52(59)29-20-40(2)49-27-28-50-48-26-23-44-38-46(62-53(60)39-58-34-14-9-15-35-58)30-32-55(44,3)51(48)31-33-56(49,50)4;/h7-19,21-22,24-25,34-35,40,44,46,48-51H,6,20,23,26-33,36-39H2,1-5H3;1H/q+1;/p-1/b54-47-;/t40-,44-,46-,48+,49-,50+,51+,55+,56-;/m1./s1. The molecule has 0 aliphatic heterocycles. The third-order valence-corrected chi connectivity index (χ3v) is 16.7. The molecule has 8 rings (SSSR count). The van der Waals surface area contributed by atoms with E-state index >= 15 is 0 Å². The predicted molar refractivity (Wildman–Crippen MR) is 249 cm³/mol. The van der Waals surface area contributed by atoms with Gasteiger partial charge in [-0.3, -0.25) is 4.79 Å². The molecule has 63 heavy (non-hydrogen) atoms. The lowest BCUT2D eigenvalue weighted by Gasteiger charge is -2.61. The van der Waals surface area contributed by atoms with Crippen LogP contribution < -0.4 is 21.7 Å². The van der Waals surface area contributed by atoms with Crippen molar-refractivity contribution in [2.24, 2.45) is 46.3 Å². The Bertz CT molecular complexity index is 2140. The quantitative estimate of drug-likeness (QED) is 0.0681. The number of likely N-dealkylation sites (N-methyl/N-ethyl adjacent to an activating group) is 1. The maximum absolute atomic E-state index is 13.5. The minimum atomic E-state index is -0.112. The molecular formula is C56H71ClN2O4. The van der Waals surface area contributed by atoms with Crippen molar-refractivity contribution in [3.05, 3.63) is 132 Å². The zero-order chi connectivity index (χ0) is 43.3. The number of benzene rings is 3. The lowest BCUT2D eigenvalue weighted by molar-refractivity contribution is -0.686. The van der Waals surface area contributed by atoms with Crippen molar-refractivity contribution >= 4 is 23.0 Å². The van der Waals surface area contributed by atoms with Gasteiger partial charge in [0, 0.05) is 25.6 Å². The Morgan fingerprint density at radius 2 is 1.40 bits per heavy atom. The molecule has 4 saturated carbocycles. The lowest BCUT2D eigenvalue weighted by Crippen LogP contribution is -3.00. The zero-order valence-electron chi connectivity index (χ0n) is 38.5. The fourth-order valence-electron chi connectivity index (χ4n) is 13.4. The number of hydrogen-bond donors (Lipinski definition) is 0. The van der Waals surface area contributed by atoms with Crippen LogP contribution in [0.5, 0.6) is 5.75 Å². The summed E-state index contributed by atoms with van der Waals surface area (Å²) >= 11 is 0. The number of carbonyl (C=O) groups excluding carboxylic acids is 2. The average molecular weight is 872 g/mol. The van der Waals surface area contributed by atoms with Crippen molar-refractivity contribution in [3.8, 4) is 5.75 Å². The van der Waals surface area contributed by atoms with Crippen LogP contribution in [0.1, 0.15) is 121 Å². The van der Waals surface area contributed by atoms with E-state index in [-0.39, 0.29) is 36.9 Å². The fraction of sp³-hybridized carbons (Fsp3) is 0.518. The molecule has 9 atom stereocenters. The molecule has 1 amide bonds. The van der Waals surface area contributed by atoms with Crippen molar-refractivity contribution in [3.63, 3.8) is 0 Å². The molecule has 4 aliphatic carbocycles. The maximum atomic E-state index is 13.5. The summed E-state index contributed by atoms with van der Waals surface area (Å²) in [6.07, 6.45) is 17.4. The number of pyridine rings is 1. The van der Waals surface area contributed by atoms with E-state index < -0.39 is 0 Å². The number of aromatic nitrogens is 1. The Balaban J connectivity index is 0.00000595. The normalized spacial score (nSPS) is 28.2. The number of fused-ring (bicyclic) bond motifs is 5. The van der Waals surface area contributed by atoms with Gasteiger partial charge < -0.3 is 26.8 Å². The highest BCUT2D eigenvalue weighted by molar-refractivity contribution is 5.98. The van der Waals surface area contributed by atoms with Crippen LogP contribution in [-0.2, 0) is 20.9 Å². The zero-order valence-corrected chi connectivity index (χ0v) is 39.3. The Morgan fingerprint density at radius 1 is 0.762 bits per heavy atom. The van der Waals surface area contributed by atoms with E-state index in [4.69, 9.17) is 9.47 Å². The van der Waals surface area contributed by atoms with Gasteiger partial charge in [0.15, 0.2) is 12.4 Å². The number of carbonyl (C=O) groups is 2. The van der Waals surface area contributed by atoms with Gasteiger partial charge in [-0.25, -0.2) is 4.79 Å². The number of halogens is 1. The molecule has 1 aromatic heterocycles. The van der Waals surface area contributed by atoms with E-state index in [1.54, 1.807) is 0 Å². The Labute approximate surface area is 384 Å². The molecule has 336 valence electrons. The molecule has 0 spiro atoms. The highest BCUT2D eigenvalue weighted by Gasteiger charge is 2.60. The van der Waals surface area contributed by atoms with E-state index in [0.29, 0.717) is 48.2 Å². The maximum Gasteiger partial charge on any atom is 0.372 e. The Kier molecular flexibility index (Phi) is 15.2. The van der Waals surface area contributed by atoms with Gasteiger partial charge >= 0.3 is 5.97 Å². The van der Waals surface area contributed by atoms with Crippen LogP contribution in [0, 0.1) is 46.3 Å². The molecule has 6 nitrogen and oxygen atoms in total. The van der Waals surface area contributed by atoms with E-state index in [1.807, 2.05) is 47.1 Å². The summed E-state index contributed by atoms with van der Waals surface area (Å²) in [5.74, 6) is 5.14. The van der Waals surface area contributed by atoms with E-state index in [1.165, 1.54) is 72.8 Å². The van der Waals surface area contributed by atoms with Gasteiger partial charge in [-0.1, -0.05) is 107 Å². The molecule has 0 saturated heterocycles. The molecule has 4 aromatic rings. The number of nitrogens with zero attached hydrogens (tertiary/aromatic N) is 2.